The quantitative estimate of drug-likeness (QED) is 0.328. The van der Waals surface area contributed by atoms with E-state index >= 15 is 0 Å². The molecule has 2 aromatic carbocycles. The molecular weight excluding hydrogens is 464 g/mol. The summed E-state index contributed by atoms with van der Waals surface area (Å²) in [5, 5.41) is 2.00. The molecular formula is C29H30N6O2. The average Bonchev–Trinajstić information content (AvgIpc) is 3.41. The maximum Gasteiger partial charge on any atom is 0.148 e. The van der Waals surface area contributed by atoms with E-state index in [-0.39, 0.29) is 6.10 Å². The molecule has 0 aliphatic carbocycles. The Morgan fingerprint density at radius 1 is 1.03 bits per heavy atom. The second-order valence-electron chi connectivity index (χ2n) is 9.49. The first kappa shape index (κ1) is 23.2. The molecule has 1 fully saturated rings. The third-order valence-corrected chi connectivity index (χ3v) is 7.00. The van der Waals surface area contributed by atoms with Crippen molar-refractivity contribution in [2.45, 2.75) is 25.5 Å². The van der Waals surface area contributed by atoms with E-state index in [1.807, 2.05) is 42.7 Å². The highest BCUT2D eigenvalue weighted by Crippen LogP contribution is 2.40. The number of nitrogens with zero attached hydrogens (tertiary/aromatic N) is 5. The number of ether oxygens (including phenoxy) is 2. The van der Waals surface area contributed by atoms with Crippen LogP contribution in [0.1, 0.15) is 18.5 Å². The number of H-pyrrole nitrogens is 1. The molecule has 3 aromatic heterocycles. The monoisotopic (exact) mass is 494 g/mol. The Hall–Kier alpha value is -4.17. The lowest BCUT2D eigenvalue weighted by Crippen LogP contribution is -2.35. The number of anilines is 2. The van der Waals surface area contributed by atoms with Crippen molar-refractivity contribution in [1.29, 1.82) is 0 Å². The zero-order valence-electron chi connectivity index (χ0n) is 21.1. The van der Waals surface area contributed by atoms with Crippen LogP contribution < -0.4 is 14.4 Å². The number of aromatic amines is 1. The molecule has 4 heterocycles. The molecule has 1 saturated heterocycles. The highest BCUT2D eigenvalue weighted by atomic mass is 16.5. The molecule has 1 aliphatic heterocycles. The van der Waals surface area contributed by atoms with Crippen LogP contribution in [-0.2, 0) is 6.54 Å². The van der Waals surface area contributed by atoms with Crippen LogP contribution in [0, 0.1) is 0 Å². The van der Waals surface area contributed by atoms with Gasteiger partial charge in [0.2, 0.25) is 0 Å². The lowest BCUT2D eigenvalue weighted by molar-refractivity contribution is 0.115. The number of likely N-dealkylation sites (tertiary alicyclic amines) is 1. The Morgan fingerprint density at radius 3 is 2.73 bits per heavy atom. The van der Waals surface area contributed by atoms with Crippen LogP contribution in [-0.4, -0.2) is 58.2 Å². The zero-order valence-corrected chi connectivity index (χ0v) is 21.1. The minimum Gasteiger partial charge on any atom is -0.497 e. The molecule has 0 radical (unpaired) electrons. The fourth-order valence-corrected chi connectivity index (χ4v) is 4.96. The number of fused-ring (bicyclic) bond motifs is 2. The summed E-state index contributed by atoms with van der Waals surface area (Å²) in [6, 6.07) is 18.3. The summed E-state index contributed by atoms with van der Waals surface area (Å²) in [6.45, 7) is 2.57. The van der Waals surface area contributed by atoms with Crippen molar-refractivity contribution in [1.82, 2.24) is 24.8 Å². The van der Waals surface area contributed by atoms with E-state index in [0.717, 1.165) is 70.7 Å². The number of benzene rings is 2. The fourth-order valence-electron chi connectivity index (χ4n) is 4.96. The normalized spacial score (nSPS) is 14.8. The van der Waals surface area contributed by atoms with Crippen molar-refractivity contribution in [3.63, 3.8) is 0 Å². The van der Waals surface area contributed by atoms with Crippen molar-refractivity contribution in [2.75, 3.05) is 32.1 Å². The van der Waals surface area contributed by atoms with Crippen LogP contribution in [0.15, 0.2) is 73.3 Å². The number of rotatable bonds is 7. The minimum absolute atomic E-state index is 0.125. The SMILES string of the molecule is COc1cc(OC2CCN(C)CC2)c2c(N(Cc3ccccn3)c3ccc4[nH]ccc4c3)ncnc2c1. The van der Waals surface area contributed by atoms with E-state index in [9.17, 15) is 0 Å². The smallest absolute Gasteiger partial charge is 0.148 e. The lowest BCUT2D eigenvalue weighted by Gasteiger charge is -2.30. The number of nitrogens with one attached hydrogen (secondary N) is 1. The van der Waals surface area contributed by atoms with Crippen LogP contribution in [0.2, 0.25) is 0 Å². The second-order valence-corrected chi connectivity index (χ2v) is 9.49. The summed E-state index contributed by atoms with van der Waals surface area (Å²) in [4.78, 5) is 21.8. The van der Waals surface area contributed by atoms with Gasteiger partial charge in [-0.15, -0.1) is 0 Å². The third kappa shape index (κ3) is 4.80. The van der Waals surface area contributed by atoms with Gasteiger partial charge in [-0.2, -0.15) is 0 Å². The Morgan fingerprint density at radius 2 is 1.92 bits per heavy atom. The van der Waals surface area contributed by atoms with Gasteiger partial charge in [-0.25, -0.2) is 9.97 Å². The van der Waals surface area contributed by atoms with Gasteiger partial charge in [0.15, 0.2) is 0 Å². The number of hydrogen-bond donors (Lipinski definition) is 1. The fraction of sp³-hybridized carbons (Fsp3) is 0.276. The van der Waals surface area contributed by atoms with Gasteiger partial charge >= 0.3 is 0 Å². The first-order chi connectivity index (χ1) is 18.2. The van der Waals surface area contributed by atoms with E-state index in [0.29, 0.717) is 12.3 Å². The van der Waals surface area contributed by atoms with E-state index < -0.39 is 0 Å². The Bertz CT molecular complexity index is 1510. The molecule has 37 heavy (non-hydrogen) atoms. The Balaban J connectivity index is 1.50. The maximum atomic E-state index is 6.66. The van der Waals surface area contributed by atoms with Gasteiger partial charge < -0.3 is 24.3 Å². The summed E-state index contributed by atoms with van der Waals surface area (Å²) < 4.78 is 12.3. The molecule has 0 atom stereocenters. The third-order valence-electron chi connectivity index (χ3n) is 7.00. The average molecular weight is 495 g/mol. The summed E-state index contributed by atoms with van der Waals surface area (Å²) in [5.41, 5.74) is 3.82. The largest absolute Gasteiger partial charge is 0.497 e. The molecule has 1 aliphatic rings. The molecule has 8 nitrogen and oxygen atoms in total. The Kier molecular flexibility index (Phi) is 6.32. The molecule has 5 aromatic rings. The van der Waals surface area contributed by atoms with Crippen LogP contribution in [0.5, 0.6) is 11.5 Å². The molecule has 6 rings (SSSR count). The predicted octanol–water partition coefficient (Wildman–Crippen LogP) is 5.33. The lowest BCUT2D eigenvalue weighted by atomic mass is 10.1. The number of hydrogen-bond acceptors (Lipinski definition) is 7. The van der Waals surface area contributed by atoms with Crippen molar-refractivity contribution < 1.29 is 9.47 Å². The van der Waals surface area contributed by atoms with Gasteiger partial charge in [0.05, 0.1) is 30.3 Å². The summed E-state index contributed by atoms with van der Waals surface area (Å²) in [6.07, 6.45) is 7.45. The number of aromatic nitrogens is 4. The van der Waals surface area contributed by atoms with Crippen molar-refractivity contribution in [3.05, 3.63) is 79.0 Å². The highest BCUT2D eigenvalue weighted by molar-refractivity contribution is 5.98. The molecule has 0 unspecified atom stereocenters. The molecule has 0 bridgehead atoms. The van der Waals surface area contributed by atoms with Crippen molar-refractivity contribution >= 4 is 33.3 Å². The van der Waals surface area contributed by atoms with Crippen LogP contribution in [0.25, 0.3) is 21.8 Å². The van der Waals surface area contributed by atoms with Crippen LogP contribution in [0.4, 0.5) is 11.5 Å². The van der Waals surface area contributed by atoms with Gasteiger partial charge in [-0.1, -0.05) is 6.07 Å². The second kappa shape index (κ2) is 10.1. The van der Waals surface area contributed by atoms with Crippen LogP contribution >= 0.6 is 0 Å². The minimum atomic E-state index is 0.125. The van der Waals surface area contributed by atoms with Crippen LogP contribution in [0.3, 0.4) is 0 Å². The van der Waals surface area contributed by atoms with Crippen molar-refractivity contribution in [3.8, 4) is 11.5 Å². The number of pyridine rings is 1. The highest BCUT2D eigenvalue weighted by Gasteiger charge is 2.24. The molecule has 0 spiro atoms. The standard InChI is InChI=1S/C29H30N6O2/c1-34-13-9-23(10-14-34)37-27-17-24(36-2)16-26-28(27)29(33-19-32-26)35(18-21-5-3-4-11-30-21)22-6-7-25-20(15-22)8-12-31-25/h3-8,11-12,15-17,19,23,31H,9-10,13-14,18H2,1-2H3. The van der Waals surface area contributed by atoms with E-state index in [4.69, 9.17) is 14.5 Å². The first-order valence-corrected chi connectivity index (χ1v) is 12.6. The molecule has 188 valence electrons. The van der Waals surface area contributed by atoms with Gasteiger partial charge in [0.25, 0.3) is 0 Å². The van der Waals surface area contributed by atoms with Gasteiger partial charge in [0, 0.05) is 54.2 Å². The molecule has 0 amide bonds. The van der Waals surface area contributed by atoms with Gasteiger partial charge in [-0.3, -0.25) is 4.98 Å². The molecule has 1 N–H and O–H groups in total. The van der Waals surface area contributed by atoms with Gasteiger partial charge in [0.1, 0.15) is 29.7 Å². The predicted molar refractivity (Wildman–Crippen MR) is 146 cm³/mol. The summed E-state index contributed by atoms with van der Waals surface area (Å²) in [7, 11) is 3.82. The number of methoxy groups -OCH3 is 1. The van der Waals surface area contributed by atoms with E-state index in [1.54, 1.807) is 13.4 Å². The van der Waals surface area contributed by atoms with E-state index in [2.05, 4.69) is 56.1 Å². The summed E-state index contributed by atoms with van der Waals surface area (Å²) in [5.74, 6) is 2.23. The molecule has 0 saturated carbocycles. The summed E-state index contributed by atoms with van der Waals surface area (Å²) >= 11 is 0. The maximum absolute atomic E-state index is 6.66. The first-order valence-electron chi connectivity index (χ1n) is 12.6. The zero-order chi connectivity index (χ0) is 25.2. The molecule has 8 heteroatoms. The Labute approximate surface area is 215 Å². The van der Waals surface area contributed by atoms with Crippen molar-refractivity contribution in [2.24, 2.45) is 0 Å². The number of piperidine rings is 1. The van der Waals surface area contributed by atoms with E-state index in [1.165, 1.54) is 0 Å². The topological polar surface area (TPSA) is 79.4 Å². The van der Waals surface area contributed by atoms with Gasteiger partial charge in [-0.05, 0) is 56.3 Å².